The molecule has 7 nitrogen and oxygen atoms in total. The van der Waals surface area contributed by atoms with E-state index in [4.69, 9.17) is 4.74 Å². The molecule has 0 saturated carbocycles. The Hall–Kier alpha value is -1.38. The maximum atomic E-state index is 5.90. The van der Waals surface area contributed by atoms with Crippen LogP contribution in [0.25, 0.3) is 0 Å². The Balaban J connectivity index is 1.54. The van der Waals surface area contributed by atoms with Gasteiger partial charge in [-0.3, -0.25) is 4.68 Å². The van der Waals surface area contributed by atoms with E-state index >= 15 is 0 Å². The maximum Gasteiger partial charge on any atom is 0.191 e. The fourth-order valence-electron chi connectivity index (χ4n) is 3.78. The summed E-state index contributed by atoms with van der Waals surface area (Å²) < 4.78 is 10.2. The van der Waals surface area contributed by atoms with Crippen molar-refractivity contribution in [1.29, 1.82) is 0 Å². The van der Waals surface area contributed by atoms with Crippen molar-refractivity contribution in [2.24, 2.45) is 7.05 Å². The number of nitrogens with one attached hydrogen (secondary N) is 1. The Labute approximate surface area is 158 Å². The Kier molecular flexibility index (Phi) is 5.61. The van der Waals surface area contributed by atoms with Gasteiger partial charge in [-0.2, -0.15) is 5.10 Å². The van der Waals surface area contributed by atoms with Gasteiger partial charge in [-0.25, -0.2) is 0 Å². The molecule has 0 aliphatic carbocycles. The molecule has 0 spiro atoms. The average Bonchev–Trinajstić information content (AvgIpc) is 3.38. The van der Waals surface area contributed by atoms with Crippen LogP contribution in [0.2, 0.25) is 0 Å². The highest BCUT2D eigenvalue weighted by atomic mass is 32.2. The standard InChI is InChI=1S/C18H28N6OS/c1-13-15(10-20-23(13)2)12-26-18-22-21-17(14-5-7-19-8-6-14)24(18)11-16-4-3-9-25-16/h10,14,16,19H,3-9,11-12H2,1-2H3/t16-/m0/s1. The van der Waals surface area contributed by atoms with E-state index in [-0.39, 0.29) is 0 Å². The van der Waals surface area contributed by atoms with E-state index in [1.807, 2.05) is 17.9 Å². The van der Waals surface area contributed by atoms with Gasteiger partial charge in [0.1, 0.15) is 5.82 Å². The summed E-state index contributed by atoms with van der Waals surface area (Å²) in [4.78, 5) is 0. The molecule has 1 atom stereocenters. The van der Waals surface area contributed by atoms with Crippen LogP contribution in [0.3, 0.4) is 0 Å². The Morgan fingerprint density at radius 3 is 2.81 bits per heavy atom. The molecule has 0 amide bonds. The summed E-state index contributed by atoms with van der Waals surface area (Å²) in [6, 6.07) is 0. The van der Waals surface area contributed by atoms with Gasteiger partial charge in [-0.1, -0.05) is 11.8 Å². The zero-order valence-corrected chi connectivity index (χ0v) is 16.5. The van der Waals surface area contributed by atoms with Crippen LogP contribution in [-0.4, -0.2) is 50.3 Å². The number of hydrogen-bond donors (Lipinski definition) is 1. The summed E-state index contributed by atoms with van der Waals surface area (Å²) in [5.41, 5.74) is 2.47. The fraction of sp³-hybridized carbons (Fsp3) is 0.722. The lowest BCUT2D eigenvalue weighted by Gasteiger charge is -2.23. The van der Waals surface area contributed by atoms with Gasteiger partial charge in [0.05, 0.1) is 18.8 Å². The van der Waals surface area contributed by atoms with Gasteiger partial charge >= 0.3 is 0 Å². The number of hydrogen-bond acceptors (Lipinski definition) is 6. The molecule has 2 saturated heterocycles. The van der Waals surface area contributed by atoms with Crippen LogP contribution in [0.5, 0.6) is 0 Å². The fourth-order valence-corrected chi connectivity index (χ4v) is 4.77. The maximum absolute atomic E-state index is 5.90. The van der Waals surface area contributed by atoms with Crippen molar-refractivity contribution in [3.05, 3.63) is 23.3 Å². The van der Waals surface area contributed by atoms with Crippen LogP contribution < -0.4 is 5.32 Å². The van der Waals surface area contributed by atoms with Gasteiger partial charge in [0.2, 0.25) is 0 Å². The molecule has 2 aliphatic rings. The van der Waals surface area contributed by atoms with E-state index in [9.17, 15) is 0 Å². The second-order valence-corrected chi connectivity index (χ2v) is 8.22. The third kappa shape index (κ3) is 3.82. The summed E-state index contributed by atoms with van der Waals surface area (Å²) in [7, 11) is 1.98. The predicted octanol–water partition coefficient (Wildman–Crippen LogP) is 2.26. The van der Waals surface area contributed by atoms with Crippen LogP contribution in [0, 0.1) is 6.92 Å². The molecule has 2 aromatic rings. The monoisotopic (exact) mass is 376 g/mol. The molecule has 2 aromatic heterocycles. The van der Waals surface area contributed by atoms with Gasteiger partial charge in [0.25, 0.3) is 0 Å². The summed E-state index contributed by atoms with van der Waals surface area (Å²) in [6.07, 6.45) is 6.82. The van der Waals surface area contributed by atoms with Crippen molar-refractivity contribution >= 4 is 11.8 Å². The van der Waals surface area contributed by atoms with Crippen LogP contribution in [0.15, 0.2) is 11.4 Å². The number of aromatic nitrogens is 5. The molecule has 4 heterocycles. The third-order valence-corrected chi connectivity index (χ3v) is 6.57. The zero-order chi connectivity index (χ0) is 17.9. The van der Waals surface area contributed by atoms with E-state index in [2.05, 4.69) is 32.1 Å². The van der Waals surface area contributed by atoms with E-state index in [1.54, 1.807) is 11.8 Å². The highest BCUT2D eigenvalue weighted by Crippen LogP contribution is 2.30. The topological polar surface area (TPSA) is 69.8 Å². The Morgan fingerprint density at radius 2 is 2.12 bits per heavy atom. The van der Waals surface area contributed by atoms with E-state index < -0.39 is 0 Å². The summed E-state index contributed by atoms with van der Waals surface area (Å²) in [5, 5.41) is 18.0. The molecule has 2 aliphatic heterocycles. The third-order valence-electron chi connectivity index (χ3n) is 5.55. The van der Waals surface area contributed by atoms with Crippen molar-refractivity contribution in [3.63, 3.8) is 0 Å². The lowest BCUT2D eigenvalue weighted by molar-refractivity contribution is 0.0936. The van der Waals surface area contributed by atoms with Gasteiger partial charge in [0.15, 0.2) is 5.16 Å². The minimum Gasteiger partial charge on any atom is -0.376 e. The van der Waals surface area contributed by atoms with E-state index in [0.717, 1.165) is 68.7 Å². The molecule has 0 unspecified atom stereocenters. The first-order valence-electron chi connectivity index (χ1n) is 9.58. The predicted molar refractivity (Wildman–Crippen MR) is 101 cm³/mol. The van der Waals surface area contributed by atoms with Crippen molar-refractivity contribution < 1.29 is 4.74 Å². The van der Waals surface area contributed by atoms with Crippen molar-refractivity contribution in [2.75, 3.05) is 19.7 Å². The molecule has 0 aromatic carbocycles. The van der Waals surface area contributed by atoms with Crippen molar-refractivity contribution in [3.8, 4) is 0 Å². The van der Waals surface area contributed by atoms with Crippen LogP contribution >= 0.6 is 11.8 Å². The molecule has 1 N–H and O–H groups in total. The molecule has 142 valence electrons. The molecule has 8 heteroatoms. The van der Waals surface area contributed by atoms with Crippen molar-refractivity contribution in [2.45, 2.75) is 62.1 Å². The number of rotatable bonds is 6. The first-order chi connectivity index (χ1) is 12.7. The van der Waals surface area contributed by atoms with Gasteiger partial charge in [0, 0.05) is 36.6 Å². The highest BCUT2D eigenvalue weighted by molar-refractivity contribution is 7.98. The number of nitrogens with zero attached hydrogens (tertiary/aromatic N) is 5. The van der Waals surface area contributed by atoms with Crippen LogP contribution in [0.4, 0.5) is 0 Å². The highest BCUT2D eigenvalue weighted by Gasteiger charge is 2.26. The van der Waals surface area contributed by atoms with Gasteiger partial charge in [-0.05, 0) is 45.7 Å². The number of ether oxygens (including phenoxy) is 1. The molecular weight excluding hydrogens is 348 g/mol. The number of thioether (sulfide) groups is 1. The van der Waals surface area contributed by atoms with Crippen LogP contribution in [0.1, 0.15) is 48.7 Å². The summed E-state index contributed by atoms with van der Waals surface area (Å²) in [6.45, 7) is 6.00. The van der Waals surface area contributed by atoms with Gasteiger partial charge < -0.3 is 14.6 Å². The second kappa shape index (κ2) is 8.10. The minimum atomic E-state index is 0.297. The normalized spacial score (nSPS) is 21.5. The lowest BCUT2D eigenvalue weighted by atomic mass is 9.97. The first kappa shape index (κ1) is 18.0. The SMILES string of the molecule is Cc1c(CSc2nnc(C3CCNCC3)n2C[C@@H]2CCCO2)cnn1C. The summed E-state index contributed by atoms with van der Waals surface area (Å²) in [5.74, 6) is 2.52. The lowest BCUT2D eigenvalue weighted by Crippen LogP contribution is -2.29. The Bertz CT molecular complexity index is 730. The molecule has 0 radical (unpaired) electrons. The van der Waals surface area contributed by atoms with Crippen molar-refractivity contribution in [1.82, 2.24) is 29.9 Å². The second-order valence-electron chi connectivity index (χ2n) is 7.28. The Morgan fingerprint density at radius 1 is 1.27 bits per heavy atom. The molecule has 4 rings (SSSR count). The minimum absolute atomic E-state index is 0.297. The largest absolute Gasteiger partial charge is 0.376 e. The molecular formula is C18H28N6OS. The molecule has 26 heavy (non-hydrogen) atoms. The quantitative estimate of drug-likeness (QED) is 0.780. The van der Waals surface area contributed by atoms with E-state index in [0.29, 0.717) is 12.0 Å². The number of aryl methyl sites for hydroxylation is 1. The molecule has 0 bridgehead atoms. The molecule has 2 fully saturated rings. The van der Waals surface area contributed by atoms with Gasteiger partial charge in [-0.15, -0.1) is 10.2 Å². The number of piperidine rings is 1. The first-order valence-corrected chi connectivity index (χ1v) is 10.6. The zero-order valence-electron chi connectivity index (χ0n) is 15.6. The smallest absolute Gasteiger partial charge is 0.191 e. The van der Waals surface area contributed by atoms with Crippen LogP contribution in [-0.2, 0) is 24.1 Å². The average molecular weight is 377 g/mol. The summed E-state index contributed by atoms with van der Waals surface area (Å²) >= 11 is 1.76. The van der Waals surface area contributed by atoms with E-state index in [1.165, 1.54) is 11.3 Å².